The van der Waals surface area contributed by atoms with Gasteiger partial charge in [-0.25, -0.2) is 4.68 Å². The number of nitrogens with zero attached hydrogens (tertiary/aromatic N) is 4. The molecule has 1 saturated carbocycles. The Bertz CT molecular complexity index is 1040. The lowest BCUT2D eigenvalue weighted by molar-refractivity contribution is -0.140. The first kappa shape index (κ1) is 23.5. The Kier molecular flexibility index (Phi) is 7.16. The number of hydrogen-bond acceptors (Lipinski definition) is 4. The summed E-state index contributed by atoms with van der Waals surface area (Å²) < 4.78 is 1.84. The number of rotatable bonds is 7. The van der Waals surface area contributed by atoms with E-state index in [1.54, 1.807) is 7.05 Å². The fourth-order valence-electron chi connectivity index (χ4n) is 5.20. The minimum Gasteiger partial charge on any atom is -0.356 e. The summed E-state index contributed by atoms with van der Waals surface area (Å²) in [4.78, 5) is 31.2. The van der Waals surface area contributed by atoms with Gasteiger partial charge in [-0.05, 0) is 42.9 Å². The van der Waals surface area contributed by atoms with Gasteiger partial charge < -0.3 is 10.6 Å². The van der Waals surface area contributed by atoms with Crippen LogP contribution in [-0.4, -0.2) is 52.6 Å². The molecule has 1 aromatic carbocycles. The van der Waals surface area contributed by atoms with E-state index in [-0.39, 0.29) is 59.5 Å². The zero-order valence-electron chi connectivity index (χ0n) is 18.6. The van der Waals surface area contributed by atoms with Crippen molar-refractivity contribution < 1.29 is 9.59 Å². The monoisotopic (exact) mass is 560 g/mol. The second-order valence-electron chi connectivity index (χ2n) is 8.62. The van der Waals surface area contributed by atoms with Crippen LogP contribution in [0, 0.1) is 23.7 Å². The number of imide groups is 1. The number of aliphatic imine (C=N–C) groups is 1. The van der Waals surface area contributed by atoms with Crippen LogP contribution in [0.4, 0.5) is 0 Å². The number of aromatic nitrogens is 2. The van der Waals surface area contributed by atoms with Gasteiger partial charge in [0.1, 0.15) is 0 Å². The molecule has 33 heavy (non-hydrogen) atoms. The van der Waals surface area contributed by atoms with Crippen LogP contribution in [0.25, 0.3) is 5.69 Å². The molecule has 0 spiro atoms. The van der Waals surface area contributed by atoms with Gasteiger partial charge in [0.15, 0.2) is 5.96 Å². The molecule has 3 aliphatic rings. The van der Waals surface area contributed by atoms with Crippen molar-refractivity contribution in [2.24, 2.45) is 28.7 Å². The number of likely N-dealkylation sites (tertiary alicyclic amines) is 1. The summed E-state index contributed by atoms with van der Waals surface area (Å²) in [6.45, 7) is 1.62. The van der Waals surface area contributed by atoms with E-state index in [2.05, 4.69) is 32.9 Å². The average Bonchev–Trinajstić information content (AvgIpc) is 3.60. The second-order valence-corrected chi connectivity index (χ2v) is 8.62. The Morgan fingerprint density at radius 1 is 1.06 bits per heavy atom. The van der Waals surface area contributed by atoms with Crippen LogP contribution in [0.5, 0.6) is 0 Å². The average molecular weight is 560 g/mol. The number of allylic oxidation sites excluding steroid dienone is 2. The fraction of sp³-hybridized carbons (Fsp3) is 0.417. The van der Waals surface area contributed by atoms with E-state index >= 15 is 0 Å². The number of para-hydroxylation sites is 1. The van der Waals surface area contributed by atoms with Gasteiger partial charge in [-0.2, -0.15) is 5.10 Å². The van der Waals surface area contributed by atoms with Crippen LogP contribution in [-0.2, 0) is 16.1 Å². The number of fused-ring (bicyclic) bond motifs is 5. The second kappa shape index (κ2) is 10.1. The highest BCUT2D eigenvalue weighted by atomic mass is 127. The van der Waals surface area contributed by atoms with Crippen LogP contribution in [0.3, 0.4) is 0 Å². The van der Waals surface area contributed by atoms with E-state index in [0.717, 1.165) is 17.8 Å². The minimum atomic E-state index is -0.115. The molecular weight excluding hydrogens is 531 g/mol. The van der Waals surface area contributed by atoms with Crippen molar-refractivity contribution in [3.05, 3.63) is 60.4 Å². The number of benzene rings is 1. The largest absolute Gasteiger partial charge is 0.356 e. The third-order valence-corrected chi connectivity index (χ3v) is 6.74. The highest BCUT2D eigenvalue weighted by Crippen LogP contribution is 2.52. The van der Waals surface area contributed by atoms with Crippen molar-refractivity contribution in [1.29, 1.82) is 0 Å². The third kappa shape index (κ3) is 4.55. The number of guanidine groups is 1. The van der Waals surface area contributed by atoms with Gasteiger partial charge in [-0.3, -0.25) is 19.5 Å². The Labute approximate surface area is 210 Å². The van der Waals surface area contributed by atoms with Gasteiger partial charge in [0.25, 0.3) is 0 Å². The summed E-state index contributed by atoms with van der Waals surface area (Å²) >= 11 is 0. The van der Waals surface area contributed by atoms with E-state index in [9.17, 15) is 9.59 Å². The predicted molar refractivity (Wildman–Crippen MR) is 136 cm³/mol. The zero-order chi connectivity index (χ0) is 22.1. The van der Waals surface area contributed by atoms with Gasteiger partial charge in [0.05, 0.1) is 29.8 Å². The summed E-state index contributed by atoms with van der Waals surface area (Å²) in [5.74, 6) is 1.00. The molecule has 2 heterocycles. The van der Waals surface area contributed by atoms with Crippen molar-refractivity contribution in [3.63, 3.8) is 0 Å². The van der Waals surface area contributed by atoms with Crippen molar-refractivity contribution in [3.8, 4) is 5.69 Å². The fourth-order valence-corrected chi connectivity index (χ4v) is 5.20. The van der Waals surface area contributed by atoms with Crippen molar-refractivity contribution >= 4 is 41.8 Å². The van der Waals surface area contributed by atoms with Crippen molar-refractivity contribution in [1.82, 2.24) is 25.3 Å². The predicted octanol–water partition coefficient (Wildman–Crippen LogP) is 2.35. The quantitative estimate of drug-likeness (QED) is 0.136. The smallest absolute Gasteiger partial charge is 0.233 e. The lowest BCUT2D eigenvalue weighted by atomic mass is 9.85. The highest BCUT2D eigenvalue weighted by molar-refractivity contribution is 14.0. The summed E-state index contributed by atoms with van der Waals surface area (Å²) in [5, 5.41) is 11.1. The maximum absolute atomic E-state index is 12.7. The highest BCUT2D eigenvalue weighted by Gasteiger charge is 2.58. The SMILES string of the molecule is CN=C(NCCCN1C(=O)C2C3C=CC(C3)C2C1=O)NCc1ccn(-c2ccccc2)n1.I. The molecular formula is C24H29IN6O2. The Hall–Kier alpha value is -2.69. The Morgan fingerprint density at radius 3 is 2.42 bits per heavy atom. The van der Waals surface area contributed by atoms with Crippen LogP contribution in [0.1, 0.15) is 18.5 Å². The van der Waals surface area contributed by atoms with E-state index in [4.69, 9.17) is 0 Å². The zero-order valence-corrected chi connectivity index (χ0v) is 20.9. The molecule has 1 aromatic heterocycles. The molecule has 2 amide bonds. The molecule has 2 bridgehead atoms. The molecule has 0 radical (unpaired) electrons. The van der Waals surface area contributed by atoms with Crippen LogP contribution in [0.2, 0.25) is 0 Å². The van der Waals surface area contributed by atoms with Gasteiger partial charge in [0.2, 0.25) is 11.8 Å². The number of amides is 2. The maximum Gasteiger partial charge on any atom is 0.233 e. The first-order valence-electron chi connectivity index (χ1n) is 11.2. The molecule has 2 aromatic rings. The Balaban J connectivity index is 0.00000259. The first-order valence-corrected chi connectivity index (χ1v) is 11.2. The summed E-state index contributed by atoms with van der Waals surface area (Å²) in [6, 6.07) is 11.9. The lowest BCUT2D eigenvalue weighted by Crippen LogP contribution is -2.39. The Morgan fingerprint density at radius 2 is 1.76 bits per heavy atom. The summed E-state index contributed by atoms with van der Waals surface area (Å²) in [5.41, 5.74) is 1.92. The number of hydrogen-bond donors (Lipinski definition) is 2. The standard InChI is InChI=1S/C24H28N6O2.HI/c1-25-24(27-15-18-10-13-30(28-18)19-6-3-2-4-7-19)26-11-5-12-29-22(31)20-16-8-9-17(14-16)21(20)23(29)32;/h2-4,6-10,13,16-17,20-21H,5,11-12,14-15H2,1H3,(H2,25,26,27);1H. The molecule has 2 fully saturated rings. The molecule has 9 heteroatoms. The number of nitrogens with one attached hydrogen (secondary N) is 2. The number of carbonyl (C=O) groups is 2. The minimum absolute atomic E-state index is 0. The van der Waals surface area contributed by atoms with Gasteiger partial charge in [0, 0.05) is 26.3 Å². The van der Waals surface area contributed by atoms with Crippen LogP contribution in [0.15, 0.2) is 59.7 Å². The van der Waals surface area contributed by atoms with Crippen LogP contribution < -0.4 is 10.6 Å². The lowest BCUT2D eigenvalue weighted by Gasteiger charge is -2.17. The van der Waals surface area contributed by atoms with Crippen LogP contribution >= 0.6 is 24.0 Å². The molecule has 174 valence electrons. The topological polar surface area (TPSA) is 91.6 Å². The number of halogens is 1. The van der Waals surface area contributed by atoms with Gasteiger partial charge in [-0.1, -0.05) is 30.4 Å². The molecule has 2 aliphatic carbocycles. The number of carbonyl (C=O) groups excluding carboxylic acids is 2. The maximum atomic E-state index is 12.7. The molecule has 8 nitrogen and oxygen atoms in total. The van der Waals surface area contributed by atoms with E-state index in [0.29, 0.717) is 32.0 Å². The van der Waals surface area contributed by atoms with Gasteiger partial charge in [-0.15, -0.1) is 24.0 Å². The molecule has 1 aliphatic heterocycles. The normalized spacial score (nSPS) is 25.4. The third-order valence-electron chi connectivity index (χ3n) is 6.74. The van der Waals surface area contributed by atoms with Crippen molar-refractivity contribution in [2.45, 2.75) is 19.4 Å². The summed E-state index contributed by atoms with van der Waals surface area (Å²) in [7, 11) is 1.72. The molecule has 2 N–H and O–H groups in total. The molecule has 5 rings (SSSR count). The molecule has 1 saturated heterocycles. The van der Waals surface area contributed by atoms with E-state index < -0.39 is 0 Å². The van der Waals surface area contributed by atoms with E-state index in [1.807, 2.05) is 47.3 Å². The van der Waals surface area contributed by atoms with Crippen molar-refractivity contribution in [2.75, 3.05) is 20.1 Å². The van der Waals surface area contributed by atoms with Gasteiger partial charge >= 0.3 is 0 Å². The first-order chi connectivity index (χ1) is 15.7. The molecule has 4 atom stereocenters. The molecule has 4 unspecified atom stereocenters. The van der Waals surface area contributed by atoms with E-state index in [1.165, 1.54) is 4.90 Å². The summed E-state index contributed by atoms with van der Waals surface area (Å²) in [6.07, 6.45) is 7.84.